The number of benzene rings is 2. The molecule has 0 aliphatic heterocycles. The number of hydrogen-bond donors (Lipinski definition) is 0. The van der Waals surface area contributed by atoms with Gasteiger partial charge >= 0.3 is 0 Å². The van der Waals surface area contributed by atoms with Crippen LogP contribution in [0.4, 0.5) is 0 Å². The summed E-state index contributed by atoms with van der Waals surface area (Å²) in [6.07, 6.45) is 0. The third-order valence-electron chi connectivity index (χ3n) is 2.25. The summed E-state index contributed by atoms with van der Waals surface area (Å²) in [6.45, 7) is 0. The molecule has 0 amide bonds. The van der Waals surface area contributed by atoms with Gasteiger partial charge in [-0.1, -0.05) is 54.1 Å². The molecule has 0 aliphatic rings. The largest absolute Gasteiger partial charge is 0.177 e. The molecule has 2 aromatic rings. The summed E-state index contributed by atoms with van der Waals surface area (Å²) in [5.74, 6) is 0. The summed E-state index contributed by atoms with van der Waals surface area (Å²) in [7, 11) is 0. The van der Waals surface area contributed by atoms with Gasteiger partial charge in [0.1, 0.15) is 0 Å². The lowest BCUT2D eigenvalue weighted by Gasteiger charge is -2.04. The van der Waals surface area contributed by atoms with Gasteiger partial charge in [-0.3, -0.25) is 0 Å². The standard InChI is InChI=1S/C13H9Cl2N/c14-12-8-6-11(7-9-12)13(16-15)10-4-2-1-3-5-10/h1-9H. The normalized spacial score (nSPS) is 11.5. The maximum Gasteiger partial charge on any atom is 0.0921 e. The van der Waals surface area contributed by atoms with Crippen LogP contribution < -0.4 is 0 Å². The molecule has 0 aliphatic carbocycles. The first-order chi connectivity index (χ1) is 7.81. The van der Waals surface area contributed by atoms with Gasteiger partial charge in [0.25, 0.3) is 0 Å². The first-order valence-electron chi connectivity index (χ1n) is 4.81. The van der Waals surface area contributed by atoms with Gasteiger partial charge in [-0.05, 0) is 12.1 Å². The van der Waals surface area contributed by atoms with Crippen molar-refractivity contribution in [2.24, 2.45) is 4.51 Å². The van der Waals surface area contributed by atoms with Crippen LogP contribution in [-0.4, -0.2) is 5.71 Å². The summed E-state index contributed by atoms with van der Waals surface area (Å²) in [6, 6.07) is 17.2. The molecule has 0 unspecified atom stereocenters. The molecular formula is C13H9Cl2N. The Morgan fingerprint density at radius 1 is 0.812 bits per heavy atom. The Balaban J connectivity index is 2.42. The van der Waals surface area contributed by atoms with Crippen molar-refractivity contribution in [1.29, 1.82) is 0 Å². The maximum atomic E-state index is 5.83. The zero-order valence-corrected chi connectivity index (χ0v) is 9.91. The summed E-state index contributed by atoms with van der Waals surface area (Å²) >= 11 is 11.5. The van der Waals surface area contributed by atoms with Crippen LogP contribution in [-0.2, 0) is 0 Å². The molecule has 0 bridgehead atoms. The number of rotatable bonds is 2. The highest BCUT2D eigenvalue weighted by Crippen LogP contribution is 2.15. The van der Waals surface area contributed by atoms with E-state index in [1.54, 1.807) is 0 Å². The lowest BCUT2D eigenvalue weighted by molar-refractivity contribution is 1.57. The first kappa shape index (κ1) is 11.2. The van der Waals surface area contributed by atoms with Crippen LogP contribution in [0.15, 0.2) is 59.1 Å². The van der Waals surface area contributed by atoms with Gasteiger partial charge in [0.15, 0.2) is 0 Å². The van der Waals surface area contributed by atoms with Crippen molar-refractivity contribution in [3.05, 3.63) is 70.7 Å². The average Bonchev–Trinajstić information content (AvgIpc) is 2.34. The summed E-state index contributed by atoms with van der Waals surface area (Å²) in [5, 5.41) is 0.700. The Hall–Kier alpha value is -1.31. The second-order valence-electron chi connectivity index (χ2n) is 3.31. The highest BCUT2D eigenvalue weighted by atomic mass is 35.5. The lowest BCUT2D eigenvalue weighted by atomic mass is 10.0. The SMILES string of the molecule is ClN=C(c1ccccc1)c1ccc(Cl)cc1. The number of nitrogens with zero attached hydrogens (tertiary/aromatic N) is 1. The molecule has 2 rings (SSSR count). The second kappa shape index (κ2) is 5.15. The van der Waals surface area contributed by atoms with Gasteiger partial charge in [-0.15, -0.1) is 0 Å². The highest BCUT2D eigenvalue weighted by Gasteiger charge is 2.05. The molecule has 16 heavy (non-hydrogen) atoms. The van der Waals surface area contributed by atoms with Gasteiger partial charge in [-0.2, -0.15) is 4.51 Å². The Bertz CT molecular complexity index is 489. The van der Waals surface area contributed by atoms with Crippen molar-refractivity contribution in [3.8, 4) is 0 Å². The van der Waals surface area contributed by atoms with Gasteiger partial charge in [0, 0.05) is 27.9 Å². The van der Waals surface area contributed by atoms with E-state index in [1.807, 2.05) is 54.6 Å². The smallest absolute Gasteiger partial charge is 0.0921 e. The predicted molar refractivity (Wildman–Crippen MR) is 69.4 cm³/mol. The summed E-state index contributed by atoms with van der Waals surface area (Å²) in [4.78, 5) is 0. The maximum absolute atomic E-state index is 5.83. The van der Waals surface area contributed by atoms with Crippen LogP contribution in [0.25, 0.3) is 0 Å². The van der Waals surface area contributed by atoms with E-state index in [9.17, 15) is 0 Å². The van der Waals surface area contributed by atoms with Crippen LogP contribution in [0.2, 0.25) is 5.02 Å². The number of halogens is 2. The average molecular weight is 250 g/mol. The summed E-state index contributed by atoms with van der Waals surface area (Å²) in [5.41, 5.74) is 2.68. The molecule has 0 atom stereocenters. The Kier molecular flexibility index (Phi) is 3.60. The van der Waals surface area contributed by atoms with E-state index < -0.39 is 0 Å². The predicted octanol–water partition coefficient (Wildman–Crippen LogP) is 4.33. The molecule has 0 heterocycles. The first-order valence-corrected chi connectivity index (χ1v) is 5.53. The Labute approximate surface area is 104 Å². The third-order valence-corrected chi connectivity index (χ3v) is 2.67. The monoisotopic (exact) mass is 249 g/mol. The minimum atomic E-state index is 0.700. The van der Waals surface area contributed by atoms with Crippen molar-refractivity contribution in [2.45, 2.75) is 0 Å². The van der Waals surface area contributed by atoms with Gasteiger partial charge in [0.2, 0.25) is 0 Å². The van der Waals surface area contributed by atoms with E-state index in [0.717, 1.165) is 16.8 Å². The molecule has 0 fully saturated rings. The van der Waals surface area contributed by atoms with Crippen LogP contribution in [0.3, 0.4) is 0 Å². The van der Waals surface area contributed by atoms with Crippen LogP contribution in [0.5, 0.6) is 0 Å². The van der Waals surface area contributed by atoms with Crippen molar-refractivity contribution in [2.75, 3.05) is 0 Å². The van der Waals surface area contributed by atoms with E-state index in [2.05, 4.69) is 4.51 Å². The van der Waals surface area contributed by atoms with Gasteiger partial charge in [-0.25, -0.2) is 0 Å². The second-order valence-corrected chi connectivity index (χ2v) is 3.91. The Morgan fingerprint density at radius 3 is 1.94 bits per heavy atom. The molecule has 3 heteroatoms. The van der Waals surface area contributed by atoms with Crippen LogP contribution >= 0.6 is 23.4 Å². The van der Waals surface area contributed by atoms with Crippen molar-refractivity contribution < 1.29 is 0 Å². The van der Waals surface area contributed by atoms with Crippen molar-refractivity contribution in [3.63, 3.8) is 0 Å². The molecule has 0 saturated heterocycles. The molecule has 0 spiro atoms. The highest BCUT2D eigenvalue weighted by molar-refractivity contribution is 6.31. The molecule has 2 aromatic carbocycles. The lowest BCUT2D eigenvalue weighted by Crippen LogP contribution is -2.01. The summed E-state index contributed by atoms with van der Waals surface area (Å²) < 4.78 is 3.80. The van der Waals surface area contributed by atoms with Gasteiger partial charge in [0.05, 0.1) is 5.71 Å². The molecule has 0 saturated carbocycles. The molecule has 0 radical (unpaired) electrons. The van der Waals surface area contributed by atoms with Crippen molar-refractivity contribution in [1.82, 2.24) is 0 Å². The zero-order chi connectivity index (χ0) is 11.4. The quantitative estimate of drug-likeness (QED) is 0.703. The van der Waals surface area contributed by atoms with E-state index in [-0.39, 0.29) is 0 Å². The number of hydrogen-bond acceptors (Lipinski definition) is 1. The fraction of sp³-hybridized carbons (Fsp3) is 0. The van der Waals surface area contributed by atoms with Crippen molar-refractivity contribution >= 4 is 29.1 Å². The minimum absolute atomic E-state index is 0.700. The van der Waals surface area contributed by atoms with Crippen LogP contribution in [0, 0.1) is 0 Å². The van der Waals surface area contributed by atoms with Crippen LogP contribution in [0.1, 0.15) is 11.1 Å². The molecule has 0 aromatic heterocycles. The molecule has 0 N–H and O–H groups in total. The van der Waals surface area contributed by atoms with E-state index in [1.165, 1.54) is 0 Å². The van der Waals surface area contributed by atoms with E-state index >= 15 is 0 Å². The molecule has 1 nitrogen and oxygen atoms in total. The Morgan fingerprint density at radius 2 is 1.38 bits per heavy atom. The fourth-order valence-corrected chi connectivity index (χ4v) is 1.79. The minimum Gasteiger partial charge on any atom is -0.177 e. The topological polar surface area (TPSA) is 12.4 Å². The zero-order valence-electron chi connectivity index (χ0n) is 8.40. The third kappa shape index (κ3) is 2.43. The fourth-order valence-electron chi connectivity index (χ4n) is 1.47. The van der Waals surface area contributed by atoms with Gasteiger partial charge < -0.3 is 0 Å². The van der Waals surface area contributed by atoms with E-state index in [0.29, 0.717) is 5.02 Å². The molecular weight excluding hydrogens is 241 g/mol. The molecule has 80 valence electrons. The van der Waals surface area contributed by atoms with E-state index in [4.69, 9.17) is 23.4 Å².